The van der Waals surface area contributed by atoms with E-state index in [-0.39, 0.29) is 17.4 Å². The van der Waals surface area contributed by atoms with Gasteiger partial charge in [-0.3, -0.25) is 4.79 Å². The van der Waals surface area contributed by atoms with Crippen LogP contribution in [-0.4, -0.2) is 24.4 Å². The molecular weight excluding hydrogens is 286 g/mol. The summed E-state index contributed by atoms with van der Waals surface area (Å²) in [4.78, 5) is 11.4. The standard InChI is InChI=1S/C17H26ClNO2/c1-12-6-7-14(17(3,4)5)15(10-12)21-13(2)11-19-16(20)8-9-18/h6-7,10,13H,8-9,11H2,1-5H3,(H,19,20). The Balaban J connectivity index is 2.73. The highest BCUT2D eigenvalue weighted by Gasteiger charge is 2.20. The van der Waals surface area contributed by atoms with E-state index >= 15 is 0 Å². The highest BCUT2D eigenvalue weighted by atomic mass is 35.5. The zero-order valence-electron chi connectivity index (χ0n) is 13.6. The lowest BCUT2D eigenvalue weighted by Gasteiger charge is -2.25. The molecule has 0 aliphatic carbocycles. The van der Waals surface area contributed by atoms with Crippen LogP contribution in [0.1, 0.15) is 45.2 Å². The third kappa shape index (κ3) is 5.96. The largest absolute Gasteiger partial charge is 0.489 e. The van der Waals surface area contributed by atoms with E-state index in [0.717, 1.165) is 11.3 Å². The Morgan fingerprint density at radius 2 is 2.05 bits per heavy atom. The molecule has 0 aromatic heterocycles. The summed E-state index contributed by atoms with van der Waals surface area (Å²) < 4.78 is 6.03. The number of rotatable bonds is 6. The zero-order valence-corrected chi connectivity index (χ0v) is 14.4. The Morgan fingerprint density at radius 3 is 2.62 bits per heavy atom. The molecule has 4 heteroatoms. The molecule has 0 aliphatic heterocycles. The number of alkyl halides is 1. The summed E-state index contributed by atoms with van der Waals surface area (Å²) in [7, 11) is 0. The molecule has 1 amide bonds. The molecule has 0 fully saturated rings. The Bertz CT molecular complexity index is 480. The average molecular weight is 312 g/mol. The third-order valence-corrected chi connectivity index (χ3v) is 3.37. The highest BCUT2D eigenvalue weighted by Crippen LogP contribution is 2.32. The van der Waals surface area contributed by atoms with Crippen LogP contribution in [0.3, 0.4) is 0 Å². The maximum atomic E-state index is 11.4. The normalized spacial score (nSPS) is 12.9. The number of hydrogen-bond donors (Lipinski definition) is 1. The van der Waals surface area contributed by atoms with Crippen molar-refractivity contribution in [2.75, 3.05) is 12.4 Å². The molecule has 1 aromatic carbocycles. The predicted molar refractivity (Wildman–Crippen MR) is 88.3 cm³/mol. The fourth-order valence-electron chi connectivity index (χ4n) is 2.04. The fourth-order valence-corrected chi connectivity index (χ4v) is 2.21. The molecule has 0 aliphatic rings. The number of benzene rings is 1. The minimum atomic E-state index is -0.0906. The minimum Gasteiger partial charge on any atom is -0.489 e. The van der Waals surface area contributed by atoms with E-state index in [4.69, 9.17) is 16.3 Å². The summed E-state index contributed by atoms with van der Waals surface area (Å²) in [5, 5.41) is 2.83. The van der Waals surface area contributed by atoms with Crippen molar-refractivity contribution in [3.63, 3.8) is 0 Å². The first-order valence-corrected chi connectivity index (χ1v) is 7.88. The van der Waals surface area contributed by atoms with Gasteiger partial charge in [0.2, 0.25) is 5.91 Å². The van der Waals surface area contributed by atoms with Gasteiger partial charge >= 0.3 is 0 Å². The molecule has 0 bridgehead atoms. The first-order chi connectivity index (χ1) is 9.74. The minimum absolute atomic E-state index is 0.0185. The van der Waals surface area contributed by atoms with E-state index in [2.05, 4.69) is 44.3 Å². The van der Waals surface area contributed by atoms with E-state index in [1.54, 1.807) is 0 Å². The molecule has 0 heterocycles. The van der Waals surface area contributed by atoms with Crippen molar-refractivity contribution >= 4 is 17.5 Å². The van der Waals surface area contributed by atoms with Crippen molar-refractivity contribution < 1.29 is 9.53 Å². The molecule has 1 aromatic rings. The van der Waals surface area contributed by atoms with Gasteiger partial charge < -0.3 is 10.1 Å². The summed E-state index contributed by atoms with van der Waals surface area (Å²) in [6, 6.07) is 6.27. The molecule has 21 heavy (non-hydrogen) atoms. The van der Waals surface area contributed by atoms with Gasteiger partial charge in [0.25, 0.3) is 0 Å². The van der Waals surface area contributed by atoms with Crippen molar-refractivity contribution in [2.24, 2.45) is 0 Å². The summed E-state index contributed by atoms with van der Waals surface area (Å²) in [5.41, 5.74) is 2.35. The summed E-state index contributed by atoms with van der Waals surface area (Å²) in [6.45, 7) is 11.0. The molecule has 3 nitrogen and oxygen atoms in total. The first kappa shape index (κ1) is 17.8. The summed E-state index contributed by atoms with van der Waals surface area (Å²) in [6.07, 6.45) is 0.249. The maximum absolute atomic E-state index is 11.4. The number of halogens is 1. The Hall–Kier alpha value is -1.22. The lowest BCUT2D eigenvalue weighted by atomic mass is 9.86. The molecule has 0 radical (unpaired) electrons. The van der Waals surface area contributed by atoms with E-state index in [1.165, 1.54) is 5.56 Å². The second kappa shape index (κ2) is 7.69. The van der Waals surface area contributed by atoms with E-state index in [9.17, 15) is 4.79 Å². The van der Waals surface area contributed by atoms with Crippen LogP contribution in [0.5, 0.6) is 5.75 Å². The SMILES string of the molecule is Cc1ccc(C(C)(C)C)c(OC(C)CNC(=O)CCCl)c1. The zero-order chi connectivity index (χ0) is 16.0. The molecule has 1 N–H and O–H groups in total. The van der Waals surface area contributed by atoms with Crippen LogP contribution in [-0.2, 0) is 10.2 Å². The molecule has 0 saturated heterocycles. The van der Waals surface area contributed by atoms with Gasteiger partial charge in [0.1, 0.15) is 11.9 Å². The van der Waals surface area contributed by atoms with Crippen molar-refractivity contribution in [3.05, 3.63) is 29.3 Å². The average Bonchev–Trinajstić information content (AvgIpc) is 2.35. The van der Waals surface area contributed by atoms with Gasteiger partial charge in [-0.25, -0.2) is 0 Å². The first-order valence-electron chi connectivity index (χ1n) is 7.34. The Kier molecular flexibility index (Phi) is 6.53. The fraction of sp³-hybridized carbons (Fsp3) is 0.588. The van der Waals surface area contributed by atoms with E-state index < -0.39 is 0 Å². The van der Waals surface area contributed by atoms with Crippen molar-refractivity contribution in [1.29, 1.82) is 0 Å². The number of carbonyl (C=O) groups is 1. The Labute approximate surface area is 133 Å². The summed E-state index contributed by atoms with van der Waals surface area (Å²) in [5.74, 6) is 1.19. The number of nitrogens with one attached hydrogen (secondary N) is 1. The quantitative estimate of drug-likeness (QED) is 0.811. The van der Waals surface area contributed by atoms with Gasteiger partial charge in [0, 0.05) is 12.3 Å². The van der Waals surface area contributed by atoms with E-state index in [1.807, 2.05) is 13.8 Å². The van der Waals surface area contributed by atoms with Crippen molar-refractivity contribution in [1.82, 2.24) is 5.32 Å². The highest BCUT2D eigenvalue weighted by molar-refractivity contribution is 6.18. The number of hydrogen-bond acceptors (Lipinski definition) is 2. The van der Waals surface area contributed by atoms with Crippen molar-refractivity contribution in [3.8, 4) is 5.75 Å². The molecule has 0 saturated carbocycles. The predicted octanol–water partition coefficient (Wildman–Crippen LogP) is 3.80. The monoisotopic (exact) mass is 311 g/mol. The number of carbonyl (C=O) groups excluding carboxylic acids is 1. The maximum Gasteiger partial charge on any atom is 0.221 e. The van der Waals surface area contributed by atoms with Crippen LogP contribution >= 0.6 is 11.6 Å². The molecule has 1 atom stereocenters. The number of amides is 1. The van der Waals surface area contributed by atoms with Crippen LogP contribution < -0.4 is 10.1 Å². The number of ether oxygens (including phenoxy) is 1. The molecule has 0 spiro atoms. The topological polar surface area (TPSA) is 38.3 Å². The van der Waals surface area contributed by atoms with Crippen LogP contribution in [0.15, 0.2) is 18.2 Å². The number of aryl methyl sites for hydroxylation is 1. The second-order valence-electron chi connectivity index (χ2n) is 6.42. The van der Waals surface area contributed by atoms with Gasteiger partial charge in [0.15, 0.2) is 0 Å². The van der Waals surface area contributed by atoms with Gasteiger partial charge in [-0.1, -0.05) is 32.9 Å². The summed E-state index contributed by atoms with van der Waals surface area (Å²) >= 11 is 5.54. The molecular formula is C17H26ClNO2. The second-order valence-corrected chi connectivity index (χ2v) is 6.80. The van der Waals surface area contributed by atoms with Crippen LogP contribution in [0.4, 0.5) is 0 Å². The van der Waals surface area contributed by atoms with Crippen LogP contribution in [0, 0.1) is 6.92 Å². The van der Waals surface area contributed by atoms with Gasteiger partial charge in [0.05, 0.1) is 6.54 Å². The van der Waals surface area contributed by atoms with Gasteiger partial charge in [-0.05, 0) is 36.5 Å². The van der Waals surface area contributed by atoms with Gasteiger partial charge in [-0.15, -0.1) is 11.6 Å². The van der Waals surface area contributed by atoms with Gasteiger partial charge in [-0.2, -0.15) is 0 Å². The Morgan fingerprint density at radius 1 is 1.38 bits per heavy atom. The third-order valence-electron chi connectivity index (χ3n) is 3.18. The smallest absolute Gasteiger partial charge is 0.221 e. The molecule has 118 valence electrons. The van der Waals surface area contributed by atoms with E-state index in [0.29, 0.717) is 18.8 Å². The van der Waals surface area contributed by atoms with Crippen LogP contribution in [0.2, 0.25) is 0 Å². The molecule has 1 rings (SSSR count). The van der Waals surface area contributed by atoms with Crippen molar-refractivity contribution in [2.45, 2.75) is 52.6 Å². The lowest BCUT2D eigenvalue weighted by Crippen LogP contribution is -2.34. The lowest BCUT2D eigenvalue weighted by molar-refractivity contribution is -0.121. The van der Waals surface area contributed by atoms with Crippen LogP contribution in [0.25, 0.3) is 0 Å². The molecule has 1 unspecified atom stereocenters.